The lowest BCUT2D eigenvalue weighted by Crippen LogP contribution is -2.31. The standard InChI is InChI=1S/C8H19N3O2/c1-11(2)4-6-13-5-3-10-7-8(9)12/h10H,3-7H2,1-2H3,(H2,9,12). The molecule has 0 atom stereocenters. The number of hydrogen-bond donors (Lipinski definition) is 2. The van der Waals surface area contributed by atoms with Gasteiger partial charge in [0, 0.05) is 13.1 Å². The number of ether oxygens (including phenoxy) is 1. The zero-order valence-electron chi connectivity index (χ0n) is 8.38. The predicted molar refractivity (Wildman–Crippen MR) is 51.4 cm³/mol. The molecule has 13 heavy (non-hydrogen) atoms. The molecule has 0 rings (SSSR count). The van der Waals surface area contributed by atoms with Crippen LogP contribution < -0.4 is 11.1 Å². The quantitative estimate of drug-likeness (QED) is 0.463. The lowest BCUT2D eigenvalue weighted by molar-refractivity contribution is -0.117. The number of amides is 1. The van der Waals surface area contributed by atoms with E-state index in [1.54, 1.807) is 0 Å². The Bertz CT molecular complexity index is 139. The first-order valence-corrected chi connectivity index (χ1v) is 4.34. The minimum Gasteiger partial charge on any atom is -0.379 e. The van der Waals surface area contributed by atoms with E-state index in [-0.39, 0.29) is 12.5 Å². The van der Waals surface area contributed by atoms with Crippen molar-refractivity contribution < 1.29 is 9.53 Å². The fourth-order valence-corrected chi connectivity index (χ4v) is 0.705. The van der Waals surface area contributed by atoms with Crippen molar-refractivity contribution in [2.75, 3.05) is 46.9 Å². The van der Waals surface area contributed by atoms with Gasteiger partial charge in [0.15, 0.2) is 0 Å². The van der Waals surface area contributed by atoms with E-state index in [1.165, 1.54) is 0 Å². The van der Waals surface area contributed by atoms with E-state index in [4.69, 9.17) is 10.5 Å². The topological polar surface area (TPSA) is 67.6 Å². The molecule has 0 heterocycles. The molecule has 78 valence electrons. The van der Waals surface area contributed by atoms with Crippen LogP contribution in [0.15, 0.2) is 0 Å². The van der Waals surface area contributed by atoms with Crippen LogP contribution in [0.5, 0.6) is 0 Å². The van der Waals surface area contributed by atoms with Gasteiger partial charge in [-0.2, -0.15) is 0 Å². The van der Waals surface area contributed by atoms with Crippen LogP contribution in [-0.2, 0) is 9.53 Å². The minimum absolute atomic E-state index is 0.219. The molecule has 0 aromatic heterocycles. The van der Waals surface area contributed by atoms with Crippen LogP contribution in [0, 0.1) is 0 Å². The van der Waals surface area contributed by atoms with Crippen molar-refractivity contribution in [3.63, 3.8) is 0 Å². The number of hydrogen-bond acceptors (Lipinski definition) is 4. The molecule has 0 radical (unpaired) electrons. The maximum Gasteiger partial charge on any atom is 0.231 e. The average Bonchev–Trinajstić information content (AvgIpc) is 2.01. The van der Waals surface area contributed by atoms with Gasteiger partial charge in [-0.25, -0.2) is 0 Å². The number of likely N-dealkylation sites (N-methyl/N-ethyl adjacent to an activating group) is 1. The van der Waals surface area contributed by atoms with E-state index in [0.29, 0.717) is 19.8 Å². The summed E-state index contributed by atoms with van der Waals surface area (Å²) in [5.74, 6) is -0.340. The van der Waals surface area contributed by atoms with Gasteiger partial charge in [-0.1, -0.05) is 0 Å². The summed E-state index contributed by atoms with van der Waals surface area (Å²) < 4.78 is 5.27. The molecule has 0 fully saturated rings. The Morgan fingerprint density at radius 3 is 2.69 bits per heavy atom. The van der Waals surface area contributed by atoms with Gasteiger partial charge in [0.25, 0.3) is 0 Å². The average molecular weight is 189 g/mol. The van der Waals surface area contributed by atoms with Gasteiger partial charge in [-0.15, -0.1) is 0 Å². The summed E-state index contributed by atoms with van der Waals surface area (Å²) in [4.78, 5) is 12.3. The van der Waals surface area contributed by atoms with Gasteiger partial charge < -0.3 is 20.7 Å². The van der Waals surface area contributed by atoms with Gasteiger partial charge in [-0.3, -0.25) is 4.79 Å². The Morgan fingerprint density at radius 2 is 2.15 bits per heavy atom. The molecule has 1 amide bonds. The number of carbonyl (C=O) groups excluding carboxylic acids is 1. The Hall–Kier alpha value is -0.650. The lowest BCUT2D eigenvalue weighted by Gasteiger charge is -2.09. The molecule has 0 aromatic carbocycles. The molecule has 5 heteroatoms. The van der Waals surface area contributed by atoms with E-state index in [2.05, 4.69) is 10.2 Å². The molecule has 0 bridgehead atoms. The maximum atomic E-state index is 10.3. The van der Waals surface area contributed by atoms with Gasteiger partial charge in [0.1, 0.15) is 0 Å². The highest BCUT2D eigenvalue weighted by Crippen LogP contribution is 1.77. The third kappa shape index (κ3) is 11.3. The zero-order valence-corrected chi connectivity index (χ0v) is 8.38. The van der Waals surface area contributed by atoms with E-state index in [1.807, 2.05) is 14.1 Å². The highest BCUT2D eigenvalue weighted by molar-refractivity contribution is 5.75. The Morgan fingerprint density at radius 1 is 1.46 bits per heavy atom. The van der Waals surface area contributed by atoms with Gasteiger partial charge in [0.05, 0.1) is 19.8 Å². The van der Waals surface area contributed by atoms with Crippen molar-refractivity contribution in [3.05, 3.63) is 0 Å². The summed E-state index contributed by atoms with van der Waals surface area (Å²) in [6.07, 6.45) is 0. The van der Waals surface area contributed by atoms with Crippen LogP contribution in [0.4, 0.5) is 0 Å². The van der Waals surface area contributed by atoms with E-state index >= 15 is 0 Å². The van der Waals surface area contributed by atoms with Crippen LogP contribution in [0.3, 0.4) is 0 Å². The van der Waals surface area contributed by atoms with Gasteiger partial charge in [0.2, 0.25) is 5.91 Å². The summed E-state index contributed by atoms with van der Waals surface area (Å²) >= 11 is 0. The number of primary amides is 1. The van der Waals surface area contributed by atoms with Gasteiger partial charge >= 0.3 is 0 Å². The highest BCUT2D eigenvalue weighted by atomic mass is 16.5. The maximum absolute atomic E-state index is 10.3. The molecule has 0 saturated heterocycles. The number of nitrogens with two attached hydrogens (primary N) is 1. The van der Waals surface area contributed by atoms with Crippen molar-refractivity contribution in [2.24, 2.45) is 5.73 Å². The molecule has 0 spiro atoms. The largest absolute Gasteiger partial charge is 0.379 e. The van der Waals surface area contributed by atoms with Gasteiger partial charge in [-0.05, 0) is 14.1 Å². The molecular weight excluding hydrogens is 170 g/mol. The second-order valence-corrected chi connectivity index (χ2v) is 3.06. The third-order valence-electron chi connectivity index (χ3n) is 1.41. The number of rotatable bonds is 8. The first kappa shape index (κ1) is 12.3. The number of carbonyl (C=O) groups is 1. The molecule has 0 aliphatic rings. The Labute approximate surface area is 79.2 Å². The minimum atomic E-state index is -0.340. The summed E-state index contributed by atoms with van der Waals surface area (Å²) in [5.41, 5.74) is 4.92. The molecular formula is C8H19N3O2. The second kappa shape index (κ2) is 7.97. The fourth-order valence-electron chi connectivity index (χ4n) is 0.705. The number of nitrogens with zero attached hydrogens (tertiary/aromatic N) is 1. The first-order chi connectivity index (χ1) is 6.13. The second-order valence-electron chi connectivity index (χ2n) is 3.06. The predicted octanol–water partition coefficient (Wildman–Crippen LogP) is -1.36. The van der Waals surface area contributed by atoms with E-state index in [9.17, 15) is 4.79 Å². The van der Waals surface area contributed by atoms with Crippen molar-refractivity contribution in [3.8, 4) is 0 Å². The Balaban J connectivity index is 2.96. The summed E-state index contributed by atoms with van der Waals surface area (Å²) in [5, 5.41) is 2.86. The molecule has 5 nitrogen and oxygen atoms in total. The molecule has 0 aromatic rings. The molecule has 0 unspecified atom stereocenters. The Kier molecular flexibility index (Phi) is 7.57. The van der Waals surface area contributed by atoms with E-state index < -0.39 is 0 Å². The first-order valence-electron chi connectivity index (χ1n) is 4.34. The summed E-state index contributed by atoms with van der Waals surface area (Å²) in [6.45, 7) is 3.12. The van der Waals surface area contributed by atoms with Crippen molar-refractivity contribution >= 4 is 5.91 Å². The summed E-state index contributed by atoms with van der Waals surface area (Å²) in [6, 6.07) is 0. The normalized spacial score (nSPS) is 10.7. The van der Waals surface area contributed by atoms with E-state index in [0.717, 1.165) is 6.54 Å². The molecule has 0 saturated carbocycles. The van der Waals surface area contributed by atoms with Crippen LogP contribution in [-0.4, -0.2) is 57.8 Å². The monoisotopic (exact) mass is 189 g/mol. The highest BCUT2D eigenvalue weighted by Gasteiger charge is 1.93. The molecule has 0 aliphatic heterocycles. The fraction of sp³-hybridized carbons (Fsp3) is 0.875. The van der Waals surface area contributed by atoms with Crippen LogP contribution >= 0.6 is 0 Å². The SMILES string of the molecule is CN(C)CCOCCNCC(N)=O. The van der Waals surface area contributed by atoms with Crippen molar-refractivity contribution in [1.29, 1.82) is 0 Å². The van der Waals surface area contributed by atoms with Crippen LogP contribution in [0.25, 0.3) is 0 Å². The van der Waals surface area contributed by atoms with Crippen molar-refractivity contribution in [1.82, 2.24) is 10.2 Å². The molecule has 0 aliphatic carbocycles. The third-order valence-corrected chi connectivity index (χ3v) is 1.41. The van der Waals surface area contributed by atoms with Crippen LogP contribution in [0.1, 0.15) is 0 Å². The zero-order chi connectivity index (χ0) is 10.1. The van der Waals surface area contributed by atoms with Crippen molar-refractivity contribution in [2.45, 2.75) is 0 Å². The smallest absolute Gasteiger partial charge is 0.231 e. The lowest BCUT2D eigenvalue weighted by atomic mass is 10.5. The van der Waals surface area contributed by atoms with Crippen LogP contribution in [0.2, 0.25) is 0 Å². The molecule has 3 N–H and O–H groups in total. The number of nitrogens with one attached hydrogen (secondary N) is 1. The summed E-state index contributed by atoms with van der Waals surface area (Å²) in [7, 11) is 3.99.